The van der Waals surface area contributed by atoms with E-state index in [0.717, 1.165) is 10.6 Å². The summed E-state index contributed by atoms with van der Waals surface area (Å²) in [4.78, 5) is 27.2. The van der Waals surface area contributed by atoms with Crippen LogP contribution in [-0.4, -0.2) is 31.0 Å². The Morgan fingerprint density at radius 1 is 1.29 bits per heavy atom. The normalized spacial score (nSPS) is 9.82. The molecule has 0 heterocycles. The van der Waals surface area contributed by atoms with Crippen LogP contribution in [0.3, 0.4) is 0 Å². The third-order valence-corrected chi connectivity index (χ3v) is 2.30. The molecule has 5 nitrogen and oxygen atoms in total. The Morgan fingerprint density at radius 2 is 1.88 bits per heavy atom. The average molecular weight is 236 g/mol. The zero-order valence-corrected chi connectivity index (χ0v) is 10.2. The second-order valence-electron chi connectivity index (χ2n) is 3.59. The zero-order chi connectivity index (χ0) is 12.8. The van der Waals surface area contributed by atoms with E-state index in [2.05, 4.69) is 5.32 Å². The van der Waals surface area contributed by atoms with E-state index in [0.29, 0.717) is 12.1 Å². The van der Waals surface area contributed by atoms with Crippen molar-refractivity contribution in [3.05, 3.63) is 35.4 Å². The number of carbonyl (C=O) groups is 2. The minimum atomic E-state index is -0.210. The first-order valence-electron chi connectivity index (χ1n) is 5.20. The summed E-state index contributed by atoms with van der Waals surface area (Å²) in [7, 11) is 2.98. The van der Waals surface area contributed by atoms with Crippen molar-refractivity contribution in [1.29, 1.82) is 0 Å². The molecule has 0 saturated carbocycles. The number of hydrogen-bond acceptors (Lipinski definition) is 3. The number of hydroxylamine groups is 2. The molecule has 0 aliphatic carbocycles. The molecule has 0 aromatic heterocycles. The maximum atomic E-state index is 11.7. The highest BCUT2D eigenvalue weighted by Crippen LogP contribution is 2.07. The summed E-state index contributed by atoms with van der Waals surface area (Å²) < 4.78 is 0. The van der Waals surface area contributed by atoms with Gasteiger partial charge >= 0.3 is 0 Å². The molecule has 0 saturated heterocycles. The zero-order valence-electron chi connectivity index (χ0n) is 10.2. The average Bonchev–Trinajstić information content (AvgIpc) is 2.35. The molecule has 1 aromatic carbocycles. The van der Waals surface area contributed by atoms with Gasteiger partial charge in [-0.15, -0.1) is 0 Å². The molecule has 0 bridgehead atoms. The van der Waals surface area contributed by atoms with Crippen LogP contribution in [-0.2, 0) is 16.2 Å². The molecule has 0 fully saturated rings. The third kappa shape index (κ3) is 3.88. The smallest absolute Gasteiger partial charge is 0.277 e. The summed E-state index contributed by atoms with van der Waals surface area (Å²) >= 11 is 0. The minimum absolute atomic E-state index is 0.0794. The lowest BCUT2D eigenvalue weighted by atomic mass is 10.1. The van der Waals surface area contributed by atoms with Crippen molar-refractivity contribution in [2.75, 3.05) is 14.2 Å². The van der Waals surface area contributed by atoms with Crippen LogP contribution in [0.2, 0.25) is 0 Å². The molecule has 0 spiro atoms. The van der Waals surface area contributed by atoms with Crippen LogP contribution in [0, 0.1) is 0 Å². The predicted octanol–water partition coefficient (Wildman–Crippen LogP) is 0.956. The molecular weight excluding hydrogens is 220 g/mol. The molecular formula is C12H16N2O3. The number of nitrogens with zero attached hydrogens (tertiary/aromatic N) is 1. The topological polar surface area (TPSA) is 58.6 Å². The third-order valence-electron chi connectivity index (χ3n) is 2.30. The van der Waals surface area contributed by atoms with Gasteiger partial charge in [-0.3, -0.25) is 14.4 Å². The molecule has 17 heavy (non-hydrogen) atoms. The van der Waals surface area contributed by atoms with Gasteiger partial charge in [0.25, 0.3) is 5.91 Å². The highest BCUT2D eigenvalue weighted by Gasteiger charge is 2.10. The lowest BCUT2D eigenvalue weighted by molar-refractivity contribution is -0.119. The first kappa shape index (κ1) is 13.2. The summed E-state index contributed by atoms with van der Waals surface area (Å²) in [5, 5.41) is 3.84. The van der Waals surface area contributed by atoms with E-state index < -0.39 is 0 Å². The van der Waals surface area contributed by atoms with Gasteiger partial charge in [-0.05, 0) is 17.7 Å². The summed E-state index contributed by atoms with van der Waals surface area (Å²) in [5.41, 5.74) is 1.48. The van der Waals surface area contributed by atoms with Crippen molar-refractivity contribution >= 4 is 11.8 Å². The van der Waals surface area contributed by atoms with Crippen molar-refractivity contribution in [3.63, 3.8) is 0 Å². The second kappa shape index (κ2) is 6.00. The van der Waals surface area contributed by atoms with E-state index in [1.807, 2.05) is 0 Å². The fourth-order valence-corrected chi connectivity index (χ4v) is 1.26. The van der Waals surface area contributed by atoms with E-state index in [-0.39, 0.29) is 11.8 Å². The Hall–Kier alpha value is -1.88. The monoisotopic (exact) mass is 236 g/mol. The van der Waals surface area contributed by atoms with Gasteiger partial charge in [-0.1, -0.05) is 12.1 Å². The number of hydrogen-bond donors (Lipinski definition) is 1. The molecule has 5 heteroatoms. The predicted molar refractivity (Wildman–Crippen MR) is 63.1 cm³/mol. The van der Waals surface area contributed by atoms with Gasteiger partial charge in [-0.2, -0.15) is 0 Å². The molecule has 0 radical (unpaired) electrons. The van der Waals surface area contributed by atoms with Crippen LogP contribution in [0.1, 0.15) is 22.8 Å². The van der Waals surface area contributed by atoms with Gasteiger partial charge < -0.3 is 5.32 Å². The van der Waals surface area contributed by atoms with Crippen molar-refractivity contribution < 1.29 is 14.4 Å². The summed E-state index contributed by atoms with van der Waals surface area (Å²) in [5.74, 6) is -0.289. The van der Waals surface area contributed by atoms with E-state index in [9.17, 15) is 9.59 Å². The van der Waals surface area contributed by atoms with Crippen LogP contribution >= 0.6 is 0 Å². The lowest BCUT2D eigenvalue weighted by Crippen LogP contribution is -2.25. The van der Waals surface area contributed by atoms with Gasteiger partial charge in [0.05, 0.1) is 7.11 Å². The SMILES string of the molecule is CON(C)C(=O)c1ccc(CNC(C)=O)cc1. The van der Waals surface area contributed by atoms with Gasteiger partial charge in [0.15, 0.2) is 0 Å². The van der Waals surface area contributed by atoms with Crippen LogP contribution in [0.4, 0.5) is 0 Å². The Kier molecular flexibility index (Phi) is 4.66. The maximum absolute atomic E-state index is 11.7. The molecule has 0 aliphatic rings. The number of amides is 2. The Morgan fingerprint density at radius 3 is 2.35 bits per heavy atom. The van der Waals surface area contributed by atoms with E-state index in [1.54, 1.807) is 31.3 Å². The van der Waals surface area contributed by atoms with Gasteiger partial charge in [-0.25, -0.2) is 5.06 Å². The fourth-order valence-electron chi connectivity index (χ4n) is 1.26. The fraction of sp³-hybridized carbons (Fsp3) is 0.333. The molecule has 1 N–H and O–H groups in total. The van der Waals surface area contributed by atoms with Crippen LogP contribution < -0.4 is 5.32 Å². The first-order valence-corrected chi connectivity index (χ1v) is 5.20. The van der Waals surface area contributed by atoms with E-state index in [1.165, 1.54) is 14.0 Å². The summed E-state index contributed by atoms with van der Waals surface area (Å²) in [6.07, 6.45) is 0. The molecule has 1 rings (SSSR count). The minimum Gasteiger partial charge on any atom is -0.352 e. The van der Waals surface area contributed by atoms with E-state index >= 15 is 0 Å². The molecule has 0 unspecified atom stereocenters. The van der Waals surface area contributed by atoms with Gasteiger partial charge in [0.1, 0.15) is 0 Å². The standard InChI is InChI=1S/C12H16N2O3/c1-9(15)13-8-10-4-6-11(7-5-10)12(16)14(2)17-3/h4-7H,8H2,1-3H3,(H,13,15). The quantitative estimate of drug-likeness (QED) is 0.792. The summed E-state index contributed by atoms with van der Waals surface area (Å²) in [6, 6.07) is 7.00. The van der Waals surface area contributed by atoms with Crippen LogP contribution in [0.25, 0.3) is 0 Å². The van der Waals surface area contributed by atoms with E-state index in [4.69, 9.17) is 4.84 Å². The number of rotatable bonds is 4. The Balaban J connectivity index is 2.67. The highest BCUT2D eigenvalue weighted by atomic mass is 16.7. The van der Waals surface area contributed by atoms with Crippen molar-refractivity contribution in [1.82, 2.24) is 10.4 Å². The van der Waals surface area contributed by atoms with Crippen molar-refractivity contribution in [3.8, 4) is 0 Å². The Bertz CT molecular complexity index is 401. The Labute approximate surface area is 100 Å². The number of benzene rings is 1. The molecule has 92 valence electrons. The molecule has 2 amide bonds. The highest BCUT2D eigenvalue weighted by molar-refractivity contribution is 5.93. The van der Waals surface area contributed by atoms with Crippen LogP contribution in [0.15, 0.2) is 24.3 Å². The van der Waals surface area contributed by atoms with Crippen molar-refractivity contribution in [2.45, 2.75) is 13.5 Å². The van der Waals surface area contributed by atoms with Crippen LogP contribution in [0.5, 0.6) is 0 Å². The molecule has 0 aliphatic heterocycles. The maximum Gasteiger partial charge on any atom is 0.277 e. The largest absolute Gasteiger partial charge is 0.352 e. The second-order valence-corrected chi connectivity index (χ2v) is 3.59. The summed E-state index contributed by atoms with van der Waals surface area (Å²) in [6.45, 7) is 1.93. The number of carbonyl (C=O) groups excluding carboxylic acids is 2. The van der Waals surface area contributed by atoms with Crippen molar-refractivity contribution in [2.24, 2.45) is 0 Å². The first-order chi connectivity index (χ1) is 8.04. The molecule has 1 aromatic rings. The lowest BCUT2D eigenvalue weighted by Gasteiger charge is -2.13. The van der Waals surface area contributed by atoms with Gasteiger partial charge in [0.2, 0.25) is 5.91 Å². The van der Waals surface area contributed by atoms with Gasteiger partial charge in [0, 0.05) is 26.1 Å². The molecule has 0 atom stereocenters. The number of nitrogens with one attached hydrogen (secondary N) is 1.